The molecule has 0 unspecified atom stereocenters. The van der Waals surface area contributed by atoms with Crippen molar-refractivity contribution in [2.75, 3.05) is 23.7 Å². The minimum absolute atomic E-state index is 0.142. The number of anilines is 3. The summed E-state index contributed by atoms with van der Waals surface area (Å²) in [7, 11) is 0. The van der Waals surface area contributed by atoms with E-state index in [0.717, 1.165) is 41.4 Å². The van der Waals surface area contributed by atoms with Crippen LogP contribution in [-0.4, -0.2) is 43.8 Å². The molecule has 28 heavy (non-hydrogen) atoms. The summed E-state index contributed by atoms with van der Waals surface area (Å²) in [6.45, 7) is 5.03. The van der Waals surface area contributed by atoms with Gasteiger partial charge in [0.1, 0.15) is 16.5 Å². The molecular weight excluding hydrogens is 376 g/mol. The molecule has 0 saturated heterocycles. The zero-order valence-corrected chi connectivity index (χ0v) is 16.6. The second kappa shape index (κ2) is 9.70. The molecule has 0 atom stereocenters. The summed E-state index contributed by atoms with van der Waals surface area (Å²) in [5.41, 5.74) is 1.87. The first-order chi connectivity index (χ1) is 13.7. The first-order valence-electron chi connectivity index (χ1n) is 9.02. The molecule has 3 aromatic rings. The summed E-state index contributed by atoms with van der Waals surface area (Å²) in [6.07, 6.45) is 3.42. The summed E-state index contributed by atoms with van der Waals surface area (Å²) in [5, 5.41) is 21.3. The summed E-state index contributed by atoms with van der Waals surface area (Å²) < 4.78 is 3.87. The topological polar surface area (TPSA) is 118 Å². The van der Waals surface area contributed by atoms with E-state index in [1.165, 1.54) is 0 Å². The lowest BCUT2D eigenvalue weighted by Crippen LogP contribution is -2.29. The quantitative estimate of drug-likeness (QED) is 0.471. The van der Waals surface area contributed by atoms with Crippen molar-refractivity contribution >= 4 is 34.9 Å². The van der Waals surface area contributed by atoms with Crippen LogP contribution in [0.1, 0.15) is 34.3 Å². The van der Waals surface area contributed by atoms with Crippen molar-refractivity contribution in [2.24, 2.45) is 0 Å². The fourth-order valence-corrected chi connectivity index (χ4v) is 3.08. The van der Waals surface area contributed by atoms with Gasteiger partial charge in [-0.2, -0.15) is 0 Å². The fourth-order valence-electron chi connectivity index (χ4n) is 2.46. The Labute approximate surface area is 167 Å². The summed E-state index contributed by atoms with van der Waals surface area (Å²) in [4.78, 5) is 17.0. The van der Waals surface area contributed by atoms with Crippen LogP contribution in [0.5, 0.6) is 0 Å². The zero-order chi connectivity index (χ0) is 19.8. The largest absolute Gasteiger partial charge is 0.367 e. The molecular formula is C18H22N8OS. The SMILES string of the molecule is CCCc1nnsc1C(=O)NCCNc1ccc(Nc2cc(C)ccn2)nn1. The van der Waals surface area contributed by atoms with Gasteiger partial charge in [-0.1, -0.05) is 17.8 Å². The van der Waals surface area contributed by atoms with Crippen molar-refractivity contribution in [3.8, 4) is 0 Å². The van der Waals surface area contributed by atoms with E-state index in [2.05, 4.69) is 40.7 Å². The van der Waals surface area contributed by atoms with Crippen molar-refractivity contribution < 1.29 is 4.79 Å². The maximum atomic E-state index is 12.2. The Bertz CT molecular complexity index is 912. The van der Waals surface area contributed by atoms with E-state index in [1.807, 2.05) is 38.1 Å². The van der Waals surface area contributed by atoms with Gasteiger partial charge in [-0.05, 0) is 54.7 Å². The monoisotopic (exact) mass is 398 g/mol. The van der Waals surface area contributed by atoms with Crippen LogP contribution in [0.3, 0.4) is 0 Å². The molecule has 3 aromatic heterocycles. The molecule has 0 radical (unpaired) electrons. The van der Waals surface area contributed by atoms with Crippen LogP contribution >= 0.6 is 11.5 Å². The van der Waals surface area contributed by atoms with Crippen LogP contribution in [0.15, 0.2) is 30.5 Å². The number of hydrogen-bond donors (Lipinski definition) is 3. The lowest BCUT2D eigenvalue weighted by atomic mass is 10.2. The van der Waals surface area contributed by atoms with Gasteiger partial charge in [-0.3, -0.25) is 4.79 Å². The third-order valence-electron chi connectivity index (χ3n) is 3.80. The summed E-state index contributed by atoms with van der Waals surface area (Å²) in [6, 6.07) is 7.50. The summed E-state index contributed by atoms with van der Waals surface area (Å²) >= 11 is 1.13. The molecule has 10 heteroatoms. The maximum absolute atomic E-state index is 12.2. The van der Waals surface area contributed by atoms with Gasteiger partial charge in [-0.25, -0.2) is 4.98 Å². The first kappa shape index (κ1) is 19.6. The van der Waals surface area contributed by atoms with E-state index in [9.17, 15) is 4.79 Å². The normalized spacial score (nSPS) is 10.5. The lowest BCUT2D eigenvalue weighted by molar-refractivity contribution is 0.0958. The van der Waals surface area contributed by atoms with Gasteiger partial charge < -0.3 is 16.0 Å². The van der Waals surface area contributed by atoms with Gasteiger partial charge in [0, 0.05) is 19.3 Å². The predicted octanol–water partition coefficient (Wildman–Crippen LogP) is 2.57. The van der Waals surface area contributed by atoms with Crippen molar-refractivity contribution in [3.05, 3.63) is 46.6 Å². The van der Waals surface area contributed by atoms with Crippen LogP contribution < -0.4 is 16.0 Å². The highest BCUT2D eigenvalue weighted by Gasteiger charge is 2.14. The maximum Gasteiger partial charge on any atom is 0.265 e. The Kier molecular flexibility index (Phi) is 6.79. The molecule has 0 spiro atoms. The standard InChI is InChI=1S/C18H22N8OS/c1-3-4-13-17(28-26-23-13)18(27)21-10-9-20-14-5-6-15(25-24-14)22-16-11-12(2)7-8-19-16/h5-8,11H,3-4,9-10H2,1-2H3,(H,20,24)(H,21,27)(H,19,22,25). The van der Waals surface area contributed by atoms with Crippen LogP contribution in [0.25, 0.3) is 0 Å². The van der Waals surface area contributed by atoms with Crippen LogP contribution in [-0.2, 0) is 6.42 Å². The minimum atomic E-state index is -0.142. The van der Waals surface area contributed by atoms with Crippen molar-refractivity contribution in [2.45, 2.75) is 26.7 Å². The molecule has 0 aliphatic heterocycles. The van der Waals surface area contributed by atoms with Crippen LogP contribution in [0, 0.1) is 6.92 Å². The van der Waals surface area contributed by atoms with E-state index >= 15 is 0 Å². The van der Waals surface area contributed by atoms with Gasteiger partial charge >= 0.3 is 0 Å². The average molecular weight is 398 g/mol. The van der Waals surface area contributed by atoms with Gasteiger partial charge in [0.15, 0.2) is 5.82 Å². The fraction of sp³-hybridized carbons (Fsp3) is 0.333. The highest BCUT2D eigenvalue weighted by Crippen LogP contribution is 2.14. The lowest BCUT2D eigenvalue weighted by Gasteiger charge is -2.08. The van der Waals surface area contributed by atoms with Gasteiger partial charge in [0.05, 0.1) is 5.69 Å². The smallest absolute Gasteiger partial charge is 0.265 e. The molecule has 0 aliphatic carbocycles. The second-order valence-electron chi connectivity index (χ2n) is 6.13. The molecule has 3 heterocycles. The van der Waals surface area contributed by atoms with Crippen molar-refractivity contribution in [1.29, 1.82) is 0 Å². The number of carbonyl (C=O) groups excluding carboxylic acids is 1. The molecule has 9 nitrogen and oxygen atoms in total. The number of rotatable bonds is 9. The highest BCUT2D eigenvalue weighted by molar-refractivity contribution is 7.08. The Morgan fingerprint density at radius 3 is 2.64 bits per heavy atom. The zero-order valence-electron chi connectivity index (χ0n) is 15.8. The number of nitrogens with zero attached hydrogens (tertiary/aromatic N) is 5. The van der Waals surface area contributed by atoms with E-state index in [0.29, 0.717) is 29.6 Å². The Balaban J connectivity index is 1.43. The first-order valence-corrected chi connectivity index (χ1v) is 9.79. The van der Waals surface area contributed by atoms with E-state index in [1.54, 1.807) is 6.20 Å². The molecule has 3 N–H and O–H groups in total. The molecule has 0 saturated carbocycles. The molecule has 146 valence electrons. The number of aryl methyl sites for hydroxylation is 2. The minimum Gasteiger partial charge on any atom is -0.367 e. The number of aromatic nitrogens is 5. The summed E-state index contributed by atoms with van der Waals surface area (Å²) in [5.74, 6) is 1.82. The molecule has 1 amide bonds. The second-order valence-corrected chi connectivity index (χ2v) is 6.88. The third kappa shape index (κ3) is 5.43. The number of hydrogen-bond acceptors (Lipinski definition) is 9. The third-order valence-corrected chi connectivity index (χ3v) is 4.57. The average Bonchev–Trinajstić information content (AvgIpc) is 3.15. The number of amides is 1. The van der Waals surface area contributed by atoms with E-state index < -0.39 is 0 Å². The Hall–Kier alpha value is -3.14. The Morgan fingerprint density at radius 1 is 1.07 bits per heavy atom. The molecule has 0 bridgehead atoms. The predicted molar refractivity (Wildman–Crippen MR) is 109 cm³/mol. The molecule has 0 fully saturated rings. The number of carbonyl (C=O) groups is 1. The van der Waals surface area contributed by atoms with Crippen LogP contribution in [0.4, 0.5) is 17.5 Å². The van der Waals surface area contributed by atoms with Crippen molar-refractivity contribution in [1.82, 2.24) is 30.1 Å². The molecule has 3 rings (SSSR count). The van der Waals surface area contributed by atoms with Gasteiger partial charge in [0.2, 0.25) is 0 Å². The number of pyridine rings is 1. The highest BCUT2D eigenvalue weighted by atomic mass is 32.1. The Morgan fingerprint density at radius 2 is 1.89 bits per heavy atom. The van der Waals surface area contributed by atoms with Gasteiger partial charge in [-0.15, -0.1) is 15.3 Å². The van der Waals surface area contributed by atoms with E-state index in [-0.39, 0.29) is 5.91 Å². The molecule has 0 aromatic carbocycles. The van der Waals surface area contributed by atoms with Gasteiger partial charge in [0.25, 0.3) is 5.91 Å². The van der Waals surface area contributed by atoms with E-state index in [4.69, 9.17) is 0 Å². The van der Waals surface area contributed by atoms with Crippen molar-refractivity contribution in [3.63, 3.8) is 0 Å². The molecule has 0 aliphatic rings. The number of nitrogens with one attached hydrogen (secondary N) is 3. The van der Waals surface area contributed by atoms with Crippen LogP contribution in [0.2, 0.25) is 0 Å².